The zero-order valence-corrected chi connectivity index (χ0v) is 10.9. The van der Waals surface area contributed by atoms with Gasteiger partial charge in [-0.05, 0) is 18.6 Å². The molecule has 4 heteroatoms. The van der Waals surface area contributed by atoms with Crippen molar-refractivity contribution in [1.82, 2.24) is 14.5 Å². The minimum Gasteiger partial charge on any atom is -0.351 e. The van der Waals surface area contributed by atoms with E-state index in [4.69, 9.17) is 0 Å². The molecule has 0 radical (unpaired) electrons. The standard InChI is InChI=1S/C15H16N4/c1-2-19-10-9-17-15(19)18-11-13-6-3-5-12-7-4-8-16-14(12)13/h3-10H,2,11H2,1H3,(H,17,18). The third kappa shape index (κ3) is 2.29. The van der Waals surface area contributed by atoms with Gasteiger partial charge in [0.25, 0.3) is 0 Å². The number of aryl methyl sites for hydroxylation is 1. The van der Waals surface area contributed by atoms with Crippen LogP contribution in [0.2, 0.25) is 0 Å². The van der Waals surface area contributed by atoms with Crippen LogP contribution in [0.15, 0.2) is 48.9 Å². The zero-order chi connectivity index (χ0) is 13.1. The number of benzene rings is 1. The molecule has 0 aliphatic carbocycles. The van der Waals surface area contributed by atoms with Crippen molar-refractivity contribution in [2.45, 2.75) is 20.0 Å². The number of nitrogens with zero attached hydrogens (tertiary/aromatic N) is 3. The maximum atomic E-state index is 4.46. The fourth-order valence-corrected chi connectivity index (χ4v) is 2.22. The number of imidazole rings is 1. The Kier molecular flexibility index (Phi) is 3.14. The van der Waals surface area contributed by atoms with E-state index >= 15 is 0 Å². The van der Waals surface area contributed by atoms with Crippen molar-refractivity contribution < 1.29 is 0 Å². The Bertz CT molecular complexity index is 682. The number of para-hydroxylation sites is 1. The van der Waals surface area contributed by atoms with E-state index in [1.54, 1.807) is 0 Å². The molecule has 0 amide bonds. The number of anilines is 1. The summed E-state index contributed by atoms with van der Waals surface area (Å²) >= 11 is 0. The summed E-state index contributed by atoms with van der Waals surface area (Å²) < 4.78 is 2.08. The highest BCUT2D eigenvalue weighted by Crippen LogP contribution is 2.17. The molecule has 0 spiro atoms. The van der Waals surface area contributed by atoms with Crippen molar-refractivity contribution in [1.29, 1.82) is 0 Å². The van der Waals surface area contributed by atoms with Gasteiger partial charge in [0.05, 0.1) is 5.52 Å². The Morgan fingerprint density at radius 1 is 1.11 bits per heavy atom. The molecular formula is C15H16N4. The molecule has 0 saturated carbocycles. The fourth-order valence-electron chi connectivity index (χ4n) is 2.22. The molecule has 3 aromatic rings. The SMILES string of the molecule is CCn1ccnc1NCc1cccc2cccnc12. The van der Waals surface area contributed by atoms with Crippen molar-refractivity contribution in [2.24, 2.45) is 0 Å². The lowest BCUT2D eigenvalue weighted by Crippen LogP contribution is -2.07. The van der Waals surface area contributed by atoms with Crippen LogP contribution in [0.25, 0.3) is 10.9 Å². The summed E-state index contributed by atoms with van der Waals surface area (Å²) in [5.74, 6) is 0.899. The van der Waals surface area contributed by atoms with Crippen molar-refractivity contribution >= 4 is 16.9 Å². The van der Waals surface area contributed by atoms with Crippen LogP contribution >= 0.6 is 0 Å². The molecule has 1 aromatic carbocycles. The summed E-state index contributed by atoms with van der Waals surface area (Å²) in [5, 5.41) is 4.53. The van der Waals surface area contributed by atoms with Crippen molar-refractivity contribution in [3.05, 3.63) is 54.5 Å². The van der Waals surface area contributed by atoms with Crippen LogP contribution < -0.4 is 5.32 Å². The van der Waals surface area contributed by atoms with E-state index < -0.39 is 0 Å². The van der Waals surface area contributed by atoms with Gasteiger partial charge in [-0.1, -0.05) is 24.3 Å². The molecule has 0 bridgehead atoms. The predicted molar refractivity (Wildman–Crippen MR) is 77.0 cm³/mol. The number of nitrogens with one attached hydrogen (secondary N) is 1. The fraction of sp³-hybridized carbons (Fsp3) is 0.200. The van der Waals surface area contributed by atoms with Gasteiger partial charge in [0.2, 0.25) is 5.95 Å². The first-order valence-electron chi connectivity index (χ1n) is 6.46. The van der Waals surface area contributed by atoms with Gasteiger partial charge in [0.15, 0.2) is 0 Å². The summed E-state index contributed by atoms with van der Waals surface area (Å²) in [7, 11) is 0. The lowest BCUT2D eigenvalue weighted by molar-refractivity contribution is 0.763. The van der Waals surface area contributed by atoms with Crippen molar-refractivity contribution in [3.8, 4) is 0 Å². The molecule has 2 heterocycles. The van der Waals surface area contributed by atoms with E-state index in [0.717, 1.165) is 24.6 Å². The van der Waals surface area contributed by atoms with E-state index in [1.807, 2.05) is 24.7 Å². The molecule has 3 rings (SSSR count). The summed E-state index contributed by atoms with van der Waals surface area (Å²) in [5.41, 5.74) is 2.23. The Hall–Kier alpha value is -2.36. The second kappa shape index (κ2) is 5.10. The van der Waals surface area contributed by atoms with Crippen LogP contribution in [-0.2, 0) is 13.1 Å². The molecule has 1 N–H and O–H groups in total. The molecular weight excluding hydrogens is 236 g/mol. The first kappa shape index (κ1) is 11.7. The number of hydrogen-bond donors (Lipinski definition) is 1. The molecule has 0 aliphatic rings. The topological polar surface area (TPSA) is 42.7 Å². The molecule has 96 valence electrons. The van der Waals surface area contributed by atoms with Crippen LogP contribution in [0, 0.1) is 0 Å². The first-order valence-corrected chi connectivity index (χ1v) is 6.46. The van der Waals surface area contributed by atoms with Crippen LogP contribution in [0.3, 0.4) is 0 Å². The highest BCUT2D eigenvalue weighted by Gasteiger charge is 2.04. The molecule has 0 unspecified atom stereocenters. The summed E-state index contributed by atoms with van der Waals surface area (Å²) in [4.78, 5) is 8.77. The second-order valence-corrected chi connectivity index (χ2v) is 4.38. The van der Waals surface area contributed by atoms with Crippen molar-refractivity contribution in [3.63, 3.8) is 0 Å². The maximum Gasteiger partial charge on any atom is 0.203 e. The Balaban J connectivity index is 1.86. The Labute approximate surface area is 112 Å². The first-order chi connectivity index (χ1) is 9.38. The number of pyridine rings is 1. The largest absolute Gasteiger partial charge is 0.351 e. The Morgan fingerprint density at radius 2 is 2.00 bits per heavy atom. The van der Waals surface area contributed by atoms with Gasteiger partial charge in [-0.25, -0.2) is 4.98 Å². The van der Waals surface area contributed by atoms with Gasteiger partial charge in [-0.2, -0.15) is 0 Å². The highest BCUT2D eigenvalue weighted by atomic mass is 15.2. The van der Waals surface area contributed by atoms with Gasteiger partial charge in [-0.15, -0.1) is 0 Å². The van der Waals surface area contributed by atoms with Gasteiger partial charge in [0, 0.05) is 37.1 Å². The predicted octanol–water partition coefficient (Wildman–Crippen LogP) is 3.06. The molecule has 4 nitrogen and oxygen atoms in total. The van der Waals surface area contributed by atoms with Crippen LogP contribution in [0.4, 0.5) is 5.95 Å². The zero-order valence-electron chi connectivity index (χ0n) is 10.9. The van der Waals surface area contributed by atoms with Crippen LogP contribution in [0.1, 0.15) is 12.5 Å². The molecule has 0 atom stereocenters. The third-order valence-electron chi connectivity index (χ3n) is 3.21. The van der Waals surface area contributed by atoms with Gasteiger partial charge in [0.1, 0.15) is 0 Å². The second-order valence-electron chi connectivity index (χ2n) is 4.38. The molecule has 19 heavy (non-hydrogen) atoms. The van der Waals surface area contributed by atoms with Crippen molar-refractivity contribution in [2.75, 3.05) is 5.32 Å². The number of hydrogen-bond acceptors (Lipinski definition) is 3. The minimum absolute atomic E-state index is 0.728. The van der Waals surface area contributed by atoms with E-state index in [9.17, 15) is 0 Å². The molecule has 0 aliphatic heterocycles. The van der Waals surface area contributed by atoms with Gasteiger partial charge in [-0.3, -0.25) is 4.98 Å². The summed E-state index contributed by atoms with van der Waals surface area (Å²) in [6.45, 7) is 3.74. The number of aromatic nitrogens is 3. The summed E-state index contributed by atoms with van der Waals surface area (Å²) in [6.07, 6.45) is 5.62. The lowest BCUT2D eigenvalue weighted by atomic mass is 10.1. The van der Waals surface area contributed by atoms with E-state index in [-0.39, 0.29) is 0 Å². The smallest absolute Gasteiger partial charge is 0.203 e. The van der Waals surface area contributed by atoms with Crippen LogP contribution in [-0.4, -0.2) is 14.5 Å². The molecule has 0 fully saturated rings. The average Bonchev–Trinajstić information content (AvgIpc) is 2.92. The average molecular weight is 252 g/mol. The lowest BCUT2D eigenvalue weighted by Gasteiger charge is -2.09. The number of fused-ring (bicyclic) bond motifs is 1. The monoisotopic (exact) mass is 252 g/mol. The molecule has 2 aromatic heterocycles. The van der Waals surface area contributed by atoms with E-state index in [0.29, 0.717) is 0 Å². The van der Waals surface area contributed by atoms with E-state index in [1.165, 1.54) is 10.9 Å². The normalized spacial score (nSPS) is 10.8. The quantitative estimate of drug-likeness (QED) is 0.776. The van der Waals surface area contributed by atoms with E-state index in [2.05, 4.69) is 51.0 Å². The third-order valence-corrected chi connectivity index (χ3v) is 3.21. The summed E-state index contributed by atoms with van der Waals surface area (Å²) in [6, 6.07) is 10.3. The Morgan fingerprint density at radius 3 is 2.89 bits per heavy atom. The highest BCUT2D eigenvalue weighted by molar-refractivity contribution is 5.81. The molecule has 0 saturated heterocycles. The van der Waals surface area contributed by atoms with Gasteiger partial charge < -0.3 is 9.88 Å². The number of rotatable bonds is 4. The van der Waals surface area contributed by atoms with Gasteiger partial charge >= 0.3 is 0 Å². The minimum atomic E-state index is 0.728. The maximum absolute atomic E-state index is 4.46. The van der Waals surface area contributed by atoms with Crippen LogP contribution in [0.5, 0.6) is 0 Å².